The van der Waals surface area contributed by atoms with E-state index >= 15 is 19.2 Å². The molecule has 8 rings (SSSR count). The fourth-order valence-corrected chi connectivity index (χ4v) is 14.1. The van der Waals surface area contributed by atoms with Crippen LogP contribution in [0.1, 0.15) is 107 Å². The Morgan fingerprint density at radius 2 is 1.01 bits per heavy atom. The summed E-state index contributed by atoms with van der Waals surface area (Å²) >= 11 is 0.846. The lowest BCUT2D eigenvalue weighted by Gasteiger charge is -2.29. The quantitative estimate of drug-likeness (QED) is 0.0207. The largest absolute Gasteiger partial charge is 0.394 e. The van der Waals surface area contributed by atoms with Crippen LogP contribution in [0.25, 0.3) is 32.6 Å². The van der Waals surface area contributed by atoms with Gasteiger partial charge in [-0.05, 0) is 96.1 Å². The van der Waals surface area contributed by atoms with E-state index in [4.69, 9.17) is 28.3 Å². The first-order valence-corrected chi connectivity index (χ1v) is 39.6. The second-order valence-electron chi connectivity index (χ2n) is 28.7. The van der Waals surface area contributed by atoms with Gasteiger partial charge in [-0.15, -0.1) is 11.8 Å². The number of fused-ring (bicyclic) bond motifs is 3. The fraction of sp³-hybridized carbons (Fsp3) is 0.412. The molecule has 1 aliphatic rings. The van der Waals surface area contributed by atoms with Gasteiger partial charge < -0.3 is 107 Å². The molecule has 0 saturated carbocycles. The number of carbonyl (C=O) groups excluding carboxylic acids is 14. The molecule has 14 amide bonds. The highest BCUT2D eigenvalue weighted by atomic mass is 32.2. The number of hydrogen-bond acceptors (Lipinski definition) is 18. The van der Waals surface area contributed by atoms with Gasteiger partial charge in [-0.25, -0.2) is 0 Å². The standard InChI is InChI=1S/C80H104N20O15S/c1-4-5-24-56-73(109)100-68(47-19-7-6-8-20-47)79(115)96-60(36-50-39-88-54-26-14-12-23-52(50)54)77(113)99-67(44(2)3)78(114)98-63(69(83)105)42-116-43-66(104)91-58(34-45-29-30-46-18-9-10-21-48(46)33-45)74(110)93-57(28-17-32-86-80(84)85)72(108)97-62(41-101)70(106)89-40-65(103)90-55(27-15-16-31-81)71(107)95-61(37-64(82)102)76(112)94-59(75(111)92-56)35-49-38-87-53-25-13-11-22-51(49)53/h6-14,18-23,25-26,29-30,33,38-39,44,55-63,67-68,87-88,101H,4-5,15-17,24,27-28,31-32,34-37,40-43,81H2,1-3H3,(H2,82,102)(H2,83,105)(H,89,106)(H,90,103)(H,91,104)(H,92,111)(H,93,110)(H,94,112)(H,95,107)(H,96,115)(H,97,108)(H,98,114)(H,99,113)(H,100,109)(H4,84,85,86)/t55-,56-,57-,58+,59-,60-,61-,62-,63-,67-,68-/m0/s1. The van der Waals surface area contributed by atoms with Crippen LogP contribution in [-0.2, 0) is 86.4 Å². The van der Waals surface area contributed by atoms with Crippen molar-refractivity contribution in [3.63, 3.8) is 0 Å². The molecule has 116 heavy (non-hydrogen) atoms. The predicted octanol–water partition coefficient (Wildman–Crippen LogP) is -1.01. The Hall–Kier alpha value is -12.4. The van der Waals surface area contributed by atoms with Crippen molar-refractivity contribution in [3.05, 3.63) is 156 Å². The molecule has 5 aromatic carbocycles. The summed E-state index contributed by atoms with van der Waals surface area (Å²) in [5.74, 6) is -15.5. The Morgan fingerprint density at radius 3 is 1.59 bits per heavy atom. The van der Waals surface area contributed by atoms with Crippen LogP contribution < -0.4 is 92.1 Å². The molecule has 11 atom stereocenters. The van der Waals surface area contributed by atoms with Gasteiger partial charge in [0.1, 0.15) is 66.5 Å². The van der Waals surface area contributed by atoms with Crippen LogP contribution >= 0.6 is 11.8 Å². The van der Waals surface area contributed by atoms with Crippen LogP contribution in [0.4, 0.5) is 0 Å². The maximum Gasteiger partial charge on any atom is 0.247 e. The summed E-state index contributed by atoms with van der Waals surface area (Å²) in [6.45, 7) is 3.30. The number of H-pyrrole nitrogens is 2. The van der Waals surface area contributed by atoms with Crippen LogP contribution in [0.3, 0.4) is 0 Å². The van der Waals surface area contributed by atoms with Crippen molar-refractivity contribution >= 4 is 133 Å². The first kappa shape index (κ1) is 89.1. The van der Waals surface area contributed by atoms with Gasteiger partial charge >= 0.3 is 0 Å². The molecule has 0 bridgehead atoms. The average Bonchev–Trinajstić information content (AvgIpc) is 1.65. The number of amides is 14. The minimum atomic E-state index is -1.84. The second-order valence-corrected chi connectivity index (χ2v) is 29.7. The van der Waals surface area contributed by atoms with E-state index in [1.807, 2.05) is 31.2 Å². The van der Waals surface area contributed by atoms with Crippen LogP contribution in [0.15, 0.2) is 134 Å². The first-order chi connectivity index (χ1) is 55.6. The number of benzene rings is 5. The summed E-state index contributed by atoms with van der Waals surface area (Å²) < 4.78 is 0. The number of unbranched alkanes of at least 4 members (excludes halogenated alkanes) is 2. The lowest BCUT2D eigenvalue weighted by Crippen LogP contribution is -2.60. The number of aliphatic hydroxyl groups is 1. The van der Waals surface area contributed by atoms with Gasteiger partial charge in [-0.3, -0.25) is 72.5 Å². The number of aromatic nitrogens is 2. The summed E-state index contributed by atoms with van der Waals surface area (Å²) in [7, 11) is 0. The topological polar surface area (TPSA) is 575 Å². The zero-order valence-corrected chi connectivity index (χ0v) is 65.6. The van der Waals surface area contributed by atoms with E-state index in [9.17, 15) is 53.1 Å². The Kier molecular flexibility index (Phi) is 34.0. The van der Waals surface area contributed by atoms with E-state index in [1.54, 1.807) is 123 Å². The minimum absolute atomic E-state index is 0.0161. The van der Waals surface area contributed by atoms with Gasteiger partial charge in [0.15, 0.2) is 5.96 Å². The van der Waals surface area contributed by atoms with Gasteiger partial charge in [0.2, 0.25) is 82.7 Å². The molecule has 1 fully saturated rings. The molecule has 0 spiro atoms. The van der Waals surface area contributed by atoms with E-state index in [-0.39, 0.29) is 75.8 Å². The van der Waals surface area contributed by atoms with Crippen molar-refractivity contribution in [1.29, 1.82) is 5.41 Å². The average molecular weight is 1620 g/mol. The van der Waals surface area contributed by atoms with Gasteiger partial charge in [0.05, 0.1) is 25.3 Å². The number of hydrogen-bond donors (Lipinski definition) is 21. The van der Waals surface area contributed by atoms with Crippen molar-refractivity contribution < 1.29 is 72.2 Å². The molecular weight excluding hydrogens is 1510 g/mol. The third-order valence-corrected chi connectivity index (χ3v) is 20.5. The molecule has 3 heterocycles. The Bertz CT molecular complexity index is 4650. The monoisotopic (exact) mass is 1620 g/mol. The zero-order valence-electron chi connectivity index (χ0n) is 64.7. The third-order valence-electron chi connectivity index (χ3n) is 19.4. The number of carbonyl (C=O) groups is 14. The summed E-state index contributed by atoms with van der Waals surface area (Å²) in [4.78, 5) is 208. The summed E-state index contributed by atoms with van der Waals surface area (Å²) in [5, 5.41) is 55.3. The van der Waals surface area contributed by atoms with E-state index in [2.05, 4.69) is 79.1 Å². The molecule has 0 unspecified atom stereocenters. The number of aromatic amines is 2. The molecule has 7 aromatic rings. The highest BCUT2D eigenvalue weighted by molar-refractivity contribution is 8.00. The molecule has 2 aromatic heterocycles. The molecule has 0 radical (unpaired) electrons. The van der Waals surface area contributed by atoms with Crippen LogP contribution in [0, 0.1) is 11.3 Å². The Morgan fingerprint density at radius 1 is 0.509 bits per heavy atom. The maximum atomic E-state index is 15.3. The SMILES string of the molecule is CCCC[C@@H]1NC(=O)[C@H](Cc2c[nH]c3ccccc23)NC(=O)[C@H](CC(N)=O)NC(=O)[C@H](CCCCN)NC(=O)CNC(=O)[C@H](CO)NC(=O)[C@H](CCCNC(=N)N)NC(=O)[C@@H](Cc2ccc3ccccc3c2)NC(=O)CSC[C@@H](C(N)=O)NC(=O)[C@H](C(C)C)NC(=O)[C@H](Cc2c[nH]c3ccccc23)NC(=O)[C@H](c2ccccc2)NC1=O. The van der Waals surface area contributed by atoms with Gasteiger partial charge in [-0.2, -0.15) is 0 Å². The predicted molar refractivity (Wildman–Crippen MR) is 435 cm³/mol. The fourth-order valence-electron chi connectivity index (χ4n) is 13.2. The second kappa shape index (κ2) is 44.3. The van der Waals surface area contributed by atoms with Crippen LogP contribution in [0.2, 0.25) is 0 Å². The highest BCUT2D eigenvalue weighted by Gasteiger charge is 2.38. The molecule has 0 aliphatic carbocycles. The number of guanidine groups is 1. The third kappa shape index (κ3) is 26.6. The normalized spacial score (nSPS) is 22.4. The number of primary amides is 2. The van der Waals surface area contributed by atoms with E-state index in [0.717, 1.165) is 22.5 Å². The van der Waals surface area contributed by atoms with E-state index in [0.29, 0.717) is 57.8 Å². The number of thioether (sulfide) groups is 1. The van der Waals surface area contributed by atoms with E-state index < -0.39 is 186 Å². The van der Waals surface area contributed by atoms with Gasteiger partial charge in [0.25, 0.3) is 0 Å². The molecule has 1 aliphatic heterocycles. The first-order valence-electron chi connectivity index (χ1n) is 38.4. The molecule has 36 heteroatoms. The maximum absolute atomic E-state index is 15.3. The van der Waals surface area contributed by atoms with E-state index in [1.165, 1.54) is 0 Å². The van der Waals surface area contributed by atoms with Crippen molar-refractivity contribution in [3.8, 4) is 0 Å². The van der Waals surface area contributed by atoms with Gasteiger partial charge in [0, 0.05) is 65.8 Å². The number of nitrogens with two attached hydrogens (primary N) is 4. The zero-order chi connectivity index (χ0) is 84.0. The summed E-state index contributed by atoms with van der Waals surface area (Å²) in [6.07, 6.45) is 2.86. The summed E-state index contributed by atoms with van der Waals surface area (Å²) in [5.41, 5.74) is 26.2. The number of rotatable bonds is 23. The smallest absolute Gasteiger partial charge is 0.247 e. The number of para-hydroxylation sites is 2. The van der Waals surface area contributed by atoms with Crippen molar-refractivity contribution in [2.24, 2.45) is 28.9 Å². The Balaban J connectivity index is 1.16. The molecule has 35 nitrogen and oxygen atoms in total. The van der Waals surface area contributed by atoms with Crippen LogP contribution in [0.5, 0.6) is 0 Å². The summed E-state index contributed by atoms with van der Waals surface area (Å²) in [6, 6.07) is 17.7. The van der Waals surface area contributed by atoms with Gasteiger partial charge in [-0.1, -0.05) is 143 Å². The molecule has 620 valence electrons. The number of nitrogens with one attached hydrogen (secondary N) is 16. The molecule has 1 saturated heterocycles. The van der Waals surface area contributed by atoms with Crippen molar-refractivity contribution in [1.82, 2.24) is 79.1 Å². The molecule has 25 N–H and O–H groups in total. The highest BCUT2D eigenvalue weighted by Crippen LogP contribution is 2.24. The lowest BCUT2D eigenvalue weighted by atomic mass is 9.99. The van der Waals surface area contributed by atoms with Crippen molar-refractivity contribution in [2.75, 3.05) is 37.7 Å². The lowest BCUT2D eigenvalue weighted by molar-refractivity contribution is -0.136. The number of aliphatic hydroxyl groups excluding tert-OH is 1. The van der Waals surface area contributed by atoms with Crippen LogP contribution in [-0.4, -0.2) is 202 Å². The minimum Gasteiger partial charge on any atom is -0.394 e. The molecular formula is C80H104N20O15S. The van der Waals surface area contributed by atoms with Crippen molar-refractivity contribution in [2.45, 2.75) is 164 Å². The Labute approximate surface area is 673 Å².